The highest BCUT2D eigenvalue weighted by atomic mass is 16.5. The van der Waals surface area contributed by atoms with Gasteiger partial charge in [-0.1, -0.05) is 12.0 Å². The minimum Gasteiger partial charge on any atom is -0.489 e. The average Bonchev–Trinajstić information content (AvgIpc) is 3.35. The number of piperazine rings is 1. The van der Waals surface area contributed by atoms with E-state index in [1.54, 1.807) is 37.0 Å². The van der Waals surface area contributed by atoms with E-state index in [-0.39, 0.29) is 6.61 Å². The molecule has 5 rings (SSSR count). The second kappa shape index (κ2) is 10.9. The summed E-state index contributed by atoms with van der Waals surface area (Å²) >= 11 is 0. The van der Waals surface area contributed by atoms with Crippen LogP contribution in [0.5, 0.6) is 5.75 Å². The Morgan fingerprint density at radius 3 is 2.61 bits per heavy atom. The third-order valence-electron chi connectivity index (χ3n) is 6.24. The second-order valence-electron chi connectivity index (χ2n) is 9.84. The number of nitriles is 1. The zero-order valence-electron chi connectivity index (χ0n) is 21.5. The van der Waals surface area contributed by atoms with E-state index in [9.17, 15) is 10.4 Å². The molecule has 0 atom stereocenters. The first-order valence-corrected chi connectivity index (χ1v) is 12.5. The summed E-state index contributed by atoms with van der Waals surface area (Å²) in [5, 5.41) is 24.0. The van der Waals surface area contributed by atoms with Gasteiger partial charge in [0.2, 0.25) is 0 Å². The first-order valence-electron chi connectivity index (χ1n) is 12.5. The van der Waals surface area contributed by atoms with Crippen LogP contribution in [0.25, 0.3) is 16.6 Å². The van der Waals surface area contributed by atoms with Gasteiger partial charge in [-0.2, -0.15) is 10.4 Å². The van der Waals surface area contributed by atoms with E-state index in [2.05, 4.69) is 37.8 Å². The van der Waals surface area contributed by atoms with E-state index in [1.807, 2.05) is 42.6 Å². The predicted octanol–water partition coefficient (Wildman–Crippen LogP) is 2.99. The van der Waals surface area contributed by atoms with Gasteiger partial charge in [0.05, 0.1) is 35.6 Å². The highest BCUT2D eigenvalue weighted by Gasteiger charge is 2.19. The molecule has 38 heavy (non-hydrogen) atoms. The fraction of sp³-hybridized carbons (Fsp3) is 0.310. The molecule has 0 aromatic carbocycles. The van der Waals surface area contributed by atoms with Crippen molar-refractivity contribution in [3.8, 4) is 34.8 Å². The number of ether oxygens (including phenoxy) is 1. The molecule has 0 aliphatic carbocycles. The lowest BCUT2D eigenvalue weighted by atomic mass is 10.1. The summed E-state index contributed by atoms with van der Waals surface area (Å²) in [5.74, 6) is 7.80. The molecule has 4 aromatic rings. The zero-order valence-corrected chi connectivity index (χ0v) is 21.5. The van der Waals surface area contributed by atoms with Crippen LogP contribution < -0.4 is 9.64 Å². The summed E-state index contributed by atoms with van der Waals surface area (Å²) in [4.78, 5) is 13.6. The number of rotatable bonds is 6. The fourth-order valence-corrected chi connectivity index (χ4v) is 4.28. The number of fused-ring (bicyclic) bond motifs is 1. The van der Waals surface area contributed by atoms with Crippen LogP contribution in [-0.2, 0) is 0 Å². The van der Waals surface area contributed by atoms with Gasteiger partial charge >= 0.3 is 0 Å². The van der Waals surface area contributed by atoms with Crippen molar-refractivity contribution >= 4 is 11.3 Å². The molecule has 0 amide bonds. The molecule has 4 aromatic heterocycles. The van der Waals surface area contributed by atoms with Gasteiger partial charge in [-0.25, -0.2) is 14.5 Å². The number of hydrogen-bond acceptors (Lipinski definition) is 8. The molecule has 5 heterocycles. The van der Waals surface area contributed by atoms with E-state index < -0.39 is 5.60 Å². The number of nitrogens with zero attached hydrogens (tertiary/aromatic N) is 7. The van der Waals surface area contributed by atoms with E-state index >= 15 is 0 Å². The summed E-state index contributed by atoms with van der Waals surface area (Å²) in [6, 6.07) is 13.8. The van der Waals surface area contributed by atoms with Gasteiger partial charge in [-0.05, 0) is 50.1 Å². The van der Waals surface area contributed by atoms with Gasteiger partial charge in [-0.3, -0.25) is 4.90 Å². The van der Waals surface area contributed by atoms with Gasteiger partial charge in [-0.15, -0.1) is 0 Å². The number of pyridine rings is 3. The van der Waals surface area contributed by atoms with E-state index in [0.29, 0.717) is 23.4 Å². The molecule has 192 valence electrons. The van der Waals surface area contributed by atoms with Gasteiger partial charge in [0, 0.05) is 49.7 Å². The van der Waals surface area contributed by atoms with Gasteiger partial charge in [0.25, 0.3) is 0 Å². The SMILES string of the molecule is CC(C)(O)COc1cc(-c2ccc(N3CCN(CC#Cc4ccccn4)CC3)nc2)c2c(C#N)cnn2c1. The topological polar surface area (TPSA) is 103 Å². The molecule has 0 unspecified atom stereocenters. The lowest BCUT2D eigenvalue weighted by Crippen LogP contribution is -2.46. The second-order valence-corrected chi connectivity index (χ2v) is 9.84. The molecule has 1 aliphatic rings. The van der Waals surface area contributed by atoms with Crippen molar-refractivity contribution in [1.29, 1.82) is 5.26 Å². The normalized spacial score (nSPS) is 14.1. The monoisotopic (exact) mass is 507 g/mol. The van der Waals surface area contributed by atoms with Gasteiger partial charge in [0.15, 0.2) is 0 Å². The Kier molecular flexibility index (Phi) is 7.23. The Morgan fingerprint density at radius 2 is 1.92 bits per heavy atom. The summed E-state index contributed by atoms with van der Waals surface area (Å²) in [5.41, 5.74) is 2.63. The van der Waals surface area contributed by atoms with E-state index in [1.165, 1.54) is 0 Å². The quantitative estimate of drug-likeness (QED) is 0.398. The maximum Gasteiger partial charge on any atom is 0.138 e. The lowest BCUT2D eigenvalue weighted by molar-refractivity contribution is 0.0283. The molecule has 9 nitrogen and oxygen atoms in total. The maximum atomic E-state index is 10.1. The molecule has 1 saturated heterocycles. The van der Waals surface area contributed by atoms with Crippen molar-refractivity contribution in [3.63, 3.8) is 0 Å². The maximum absolute atomic E-state index is 10.1. The molecule has 0 saturated carbocycles. The van der Waals surface area contributed by atoms with Crippen molar-refractivity contribution in [3.05, 3.63) is 72.4 Å². The van der Waals surface area contributed by atoms with Crippen LogP contribution in [0.3, 0.4) is 0 Å². The Balaban J connectivity index is 1.29. The molecule has 1 fully saturated rings. The molecular weight excluding hydrogens is 478 g/mol. The zero-order chi connectivity index (χ0) is 26.5. The van der Waals surface area contributed by atoms with Crippen molar-refractivity contribution in [1.82, 2.24) is 24.5 Å². The largest absolute Gasteiger partial charge is 0.489 e. The van der Waals surface area contributed by atoms with Crippen LogP contribution in [0.1, 0.15) is 25.1 Å². The Morgan fingerprint density at radius 1 is 1.08 bits per heavy atom. The molecule has 1 N–H and O–H groups in total. The fourth-order valence-electron chi connectivity index (χ4n) is 4.28. The van der Waals surface area contributed by atoms with Crippen LogP contribution in [0.2, 0.25) is 0 Å². The average molecular weight is 508 g/mol. The van der Waals surface area contributed by atoms with E-state index in [0.717, 1.165) is 48.8 Å². The van der Waals surface area contributed by atoms with Crippen LogP contribution in [-0.4, -0.2) is 74.5 Å². The molecule has 0 spiro atoms. The smallest absolute Gasteiger partial charge is 0.138 e. The minimum absolute atomic E-state index is 0.127. The first kappa shape index (κ1) is 25.2. The molecular formula is C29H29N7O2. The predicted molar refractivity (Wildman–Crippen MR) is 145 cm³/mol. The molecule has 0 bridgehead atoms. The van der Waals surface area contributed by atoms with Gasteiger partial charge in [0.1, 0.15) is 29.9 Å². The van der Waals surface area contributed by atoms with Crippen LogP contribution in [0.15, 0.2) is 61.2 Å². The Bertz CT molecular complexity index is 1500. The van der Waals surface area contributed by atoms with Gasteiger partial charge < -0.3 is 14.7 Å². The van der Waals surface area contributed by atoms with Crippen LogP contribution >= 0.6 is 0 Å². The number of aliphatic hydroxyl groups is 1. The Labute approximate surface area is 221 Å². The minimum atomic E-state index is -0.976. The third kappa shape index (κ3) is 5.92. The first-order chi connectivity index (χ1) is 18.4. The van der Waals surface area contributed by atoms with Crippen LogP contribution in [0.4, 0.5) is 5.82 Å². The van der Waals surface area contributed by atoms with Crippen molar-refractivity contribution in [2.24, 2.45) is 0 Å². The highest BCUT2D eigenvalue weighted by molar-refractivity contribution is 5.85. The summed E-state index contributed by atoms with van der Waals surface area (Å²) in [7, 11) is 0. The highest BCUT2D eigenvalue weighted by Crippen LogP contribution is 2.31. The van der Waals surface area contributed by atoms with Crippen LogP contribution in [0, 0.1) is 23.2 Å². The molecule has 1 aliphatic heterocycles. The summed E-state index contributed by atoms with van der Waals surface area (Å²) < 4.78 is 7.46. The van der Waals surface area contributed by atoms with Crippen molar-refractivity contribution < 1.29 is 9.84 Å². The molecule has 9 heteroatoms. The number of hydrogen-bond donors (Lipinski definition) is 1. The lowest BCUT2D eigenvalue weighted by Gasteiger charge is -2.34. The number of aromatic nitrogens is 4. The summed E-state index contributed by atoms with van der Waals surface area (Å²) in [6.45, 7) is 7.75. The molecule has 0 radical (unpaired) electrons. The number of anilines is 1. The van der Waals surface area contributed by atoms with Crippen molar-refractivity contribution in [2.75, 3.05) is 44.2 Å². The summed E-state index contributed by atoms with van der Waals surface area (Å²) in [6.07, 6.45) is 6.83. The van der Waals surface area contributed by atoms with Crippen molar-refractivity contribution in [2.45, 2.75) is 19.4 Å². The van der Waals surface area contributed by atoms with E-state index in [4.69, 9.17) is 9.72 Å². The standard InChI is InChI=1S/C29H29N7O2/c1-29(2,37)21-38-25-16-26(28-23(17-30)19-33-36(28)20-25)22-8-9-27(32-18-22)35-14-12-34(13-15-35)11-5-7-24-6-3-4-10-31-24/h3-4,6,8-10,16,18-20,37H,11-15,21H2,1-2H3. The third-order valence-corrected chi connectivity index (χ3v) is 6.24. The Hall–Kier alpha value is -4.44.